The van der Waals surface area contributed by atoms with E-state index in [1.165, 1.54) is 0 Å². The molecule has 1 aromatic heterocycles. The van der Waals surface area contributed by atoms with Crippen LogP contribution in [0.25, 0.3) is 0 Å². The predicted octanol–water partition coefficient (Wildman–Crippen LogP) is 2.11. The molecular weight excluding hydrogens is 208 g/mol. The van der Waals surface area contributed by atoms with Crippen molar-refractivity contribution in [2.45, 2.75) is 45.4 Å². The Hall–Kier alpha value is -0.450. The van der Waals surface area contributed by atoms with Crippen molar-refractivity contribution in [3.63, 3.8) is 0 Å². The fourth-order valence-electron chi connectivity index (χ4n) is 1.85. The molecule has 2 heterocycles. The average molecular weight is 226 g/mol. The summed E-state index contributed by atoms with van der Waals surface area (Å²) >= 11 is 1.70. The number of nitrogens with zero attached hydrogens (tertiary/aromatic N) is 1. The summed E-state index contributed by atoms with van der Waals surface area (Å²) in [6.45, 7) is 8.10. The highest BCUT2D eigenvalue weighted by molar-refractivity contribution is 7.09. The van der Waals surface area contributed by atoms with Crippen molar-refractivity contribution in [2.75, 3.05) is 6.61 Å². The molecule has 2 unspecified atom stereocenters. The highest BCUT2D eigenvalue weighted by atomic mass is 32.1. The minimum absolute atomic E-state index is 0.109. The minimum Gasteiger partial charge on any atom is -0.377 e. The Morgan fingerprint density at radius 2 is 2.53 bits per heavy atom. The summed E-state index contributed by atoms with van der Waals surface area (Å²) in [5, 5.41) is 6.81. The van der Waals surface area contributed by atoms with E-state index in [4.69, 9.17) is 4.74 Å². The standard InChI is InChI=1S/C11H18N2OS/c1-8-11(3,4-5-14-8)12-6-10-7-15-9(2)13-10/h7-8,12H,4-6H2,1-3H3. The summed E-state index contributed by atoms with van der Waals surface area (Å²) in [5.74, 6) is 0. The molecule has 0 saturated carbocycles. The van der Waals surface area contributed by atoms with Gasteiger partial charge < -0.3 is 10.1 Å². The third kappa shape index (κ3) is 2.38. The second-order valence-corrected chi connectivity index (χ2v) is 5.45. The molecule has 1 saturated heterocycles. The van der Waals surface area contributed by atoms with Crippen molar-refractivity contribution in [2.24, 2.45) is 0 Å². The maximum absolute atomic E-state index is 5.58. The average Bonchev–Trinajstić information content (AvgIpc) is 2.73. The van der Waals surface area contributed by atoms with E-state index in [9.17, 15) is 0 Å². The van der Waals surface area contributed by atoms with Crippen LogP contribution in [-0.4, -0.2) is 23.2 Å². The molecule has 15 heavy (non-hydrogen) atoms. The lowest BCUT2D eigenvalue weighted by atomic mass is 9.95. The number of thiazole rings is 1. The van der Waals surface area contributed by atoms with Crippen molar-refractivity contribution in [3.8, 4) is 0 Å². The molecule has 1 aliphatic rings. The first-order valence-corrected chi connectivity index (χ1v) is 6.26. The zero-order valence-electron chi connectivity index (χ0n) is 9.54. The van der Waals surface area contributed by atoms with Gasteiger partial charge in [0.1, 0.15) is 0 Å². The van der Waals surface area contributed by atoms with Crippen LogP contribution in [0.1, 0.15) is 31.0 Å². The van der Waals surface area contributed by atoms with E-state index in [-0.39, 0.29) is 11.6 Å². The second kappa shape index (κ2) is 4.20. The van der Waals surface area contributed by atoms with E-state index in [1.807, 2.05) is 6.92 Å². The van der Waals surface area contributed by atoms with Crippen molar-refractivity contribution in [1.29, 1.82) is 0 Å². The van der Waals surface area contributed by atoms with Gasteiger partial charge >= 0.3 is 0 Å². The lowest BCUT2D eigenvalue weighted by Gasteiger charge is -2.28. The van der Waals surface area contributed by atoms with Gasteiger partial charge in [-0.1, -0.05) is 0 Å². The van der Waals surface area contributed by atoms with E-state index < -0.39 is 0 Å². The van der Waals surface area contributed by atoms with Gasteiger partial charge in [0.05, 0.1) is 16.8 Å². The van der Waals surface area contributed by atoms with Gasteiger partial charge in [0.25, 0.3) is 0 Å². The first-order valence-electron chi connectivity index (χ1n) is 5.38. The molecule has 4 heteroatoms. The maximum atomic E-state index is 5.58. The molecule has 0 radical (unpaired) electrons. The molecule has 1 aliphatic heterocycles. The Morgan fingerprint density at radius 3 is 3.07 bits per heavy atom. The van der Waals surface area contributed by atoms with Gasteiger partial charge in [-0.25, -0.2) is 4.98 Å². The Bertz CT molecular complexity index is 339. The quantitative estimate of drug-likeness (QED) is 0.857. The van der Waals surface area contributed by atoms with Crippen LogP contribution in [0.2, 0.25) is 0 Å². The molecule has 0 bridgehead atoms. The van der Waals surface area contributed by atoms with Gasteiger partial charge in [-0.05, 0) is 27.2 Å². The smallest absolute Gasteiger partial charge is 0.0897 e. The first-order chi connectivity index (χ1) is 7.10. The maximum Gasteiger partial charge on any atom is 0.0897 e. The SMILES string of the molecule is Cc1nc(CNC2(C)CCOC2C)cs1. The highest BCUT2D eigenvalue weighted by Gasteiger charge is 2.36. The van der Waals surface area contributed by atoms with Crippen molar-refractivity contribution >= 4 is 11.3 Å². The number of aryl methyl sites for hydroxylation is 1. The van der Waals surface area contributed by atoms with Gasteiger partial charge in [0.2, 0.25) is 0 Å². The molecule has 0 amide bonds. The third-order valence-electron chi connectivity index (χ3n) is 3.23. The Balaban J connectivity index is 1.92. The molecule has 1 aromatic rings. The Labute approximate surface area is 94.9 Å². The summed E-state index contributed by atoms with van der Waals surface area (Å²) in [6.07, 6.45) is 1.37. The molecule has 1 N–H and O–H groups in total. The predicted molar refractivity (Wildman–Crippen MR) is 62.1 cm³/mol. The summed E-state index contributed by atoms with van der Waals surface area (Å²) < 4.78 is 5.58. The van der Waals surface area contributed by atoms with Gasteiger partial charge in [0.15, 0.2) is 0 Å². The number of hydrogen-bond acceptors (Lipinski definition) is 4. The van der Waals surface area contributed by atoms with Gasteiger partial charge in [-0.3, -0.25) is 0 Å². The topological polar surface area (TPSA) is 34.2 Å². The number of aromatic nitrogens is 1. The Morgan fingerprint density at radius 1 is 1.73 bits per heavy atom. The monoisotopic (exact) mass is 226 g/mol. The highest BCUT2D eigenvalue weighted by Crippen LogP contribution is 2.25. The number of rotatable bonds is 3. The third-order valence-corrected chi connectivity index (χ3v) is 4.05. The van der Waals surface area contributed by atoms with Crippen LogP contribution in [0.4, 0.5) is 0 Å². The lowest BCUT2D eigenvalue weighted by molar-refractivity contribution is 0.0880. The zero-order chi connectivity index (χ0) is 10.9. The summed E-state index contributed by atoms with van der Waals surface area (Å²) in [7, 11) is 0. The lowest BCUT2D eigenvalue weighted by Crippen LogP contribution is -2.47. The summed E-state index contributed by atoms with van der Waals surface area (Å²) in [5.41, 5.74) is 1.25. The van der Waals surface area contributed by atoms with E-state index >= 15 is 0 Å². The fourth-order valence-corrected chi connectivity index (χ4v) is 2.46. The second-order valence-electron chi connectivity index (χ2n) is 4.39. The largest absolute Gasteiger partial charge is 0.377 e. The minimum atomic E-state index is 0.109. The number of ether oxygens (including phenoxy) is 1. The molecule has 84 valence electrons. The molecule has 2 atom stereocenters. The molecular formula is C11H18N2OS. The number of hydrogen-bond donors (Lipinski definition) is 1. The van der Waals surface area contributed by atoms with Crippen LogP contribution >= 0.6 is 11.3 Å². The van der Waals surface area contributed by atoms with Crippen LogP contribution in [0, 0.1) is 6.92 Å². The molecule has 0 aromatic carbocycles. The first kappa shape index (κ1) is 11.0. The van der Waals surface area contributed by atoms with Crippen LogP contribution in [0.3, 0.4) is 0 Å². The van der Waals surface area contributed by atoms with Crippen LogP contribution < -0.4 is 5.32 Å². The number of nitrogens with one attached hydrogen (secondary N) is 1. The zero-order valence-corrected chi connectivity index (χ0v) is 10.4. The van der Waals surface area contributed by atoms with Crippen LogP contribution in [0.15, 0.2) is 5.38 Å². The van der Waals surface area contributed by atoms with E-state index in [0.29, 0.717) is 0 Å². The molecule has 0 spiro atoms. The molecule has 3 nitrogen and oxygen atoms in total. The normalized spacial score (nSPS) is 31.0. The van der Waals surface area contributed by atoms with Crippen molar-refractivity contribution in [3.05, 3.63) is 16.1 Å². The van der Waals surface area contributed by atoms with Crippen LogP contribution in [-0.2, 0) is 11.3 Å². The van der Waals surface area contributed by atoms with Crippen molar-refractivity contribution < 1.29 is 4.74 Å². The summed E-state index contributed by atoms with van der Waals surface area (Å²) in [4.78, 5) is 4.44. The van der Waals surface area contributed by atoms with Crippen molar-refractivity contribution in [1.82, 2.24) is 10.3 Å². The van der Waals surface area contributed by atoms with Crippen LogP contribution in [0.5, 0.6) is 0 Å². The molecule has 1 fully saturated rings. The molecule has 0 aliphatic carbocycles. The van der Waals surface area contributed by atoms with Gasteiger partial charge in [-0.2, -0.15) is 0 Å². The summed E-state index contributed by atoms with van der Waals surface area (Å²) in [6, 6.07) is 0. The molecule has 2 rings (SSSR count). The Kier molecular flexibility index (Phi) is 3.09. The van der Waals surface area contributed by atoms with E-state index in [1.54, 1.807) is 11.3 Å². The van der Waals surface area contributed by atoms with Gasteiger partial charge in [-0.15, -0.1) is 11.3 Å². The van der Waals surface area contributed by atoms with E-state index in [2.05, 4.69) is 29.5 Å². The fraction of sp³-hybridized carbons (Fsp3) is 0.727. The van der Waals surface area contributed by atoms with Gasteiger partial charge in [0, 0.05) is 24.1 Å². The van der Waals surface area contributed by atoms with E-state index in [0.717, 1.165) is 30.3 Å².